The highest BCUT2D eigenvalue weighted by atomic mass is 35.5. The molecule has 0 unspecified atom stereocenters. The Morgan fingerprint density at radius 2 is 1.90 bits per heavy atom. The molecule has 21 heavy (non-hydrogen) atoms. The summed E-state index contributed by atoms with van der Waals surface area (Å²) in [5.74, 6) is 0.204. The molecule has 0 aromatic heterocycles. The molecule has 6 heteroatoms. The summed E-state index contributed by atoms with van der Waals surface area (Å²) in [5.41, 5.74) is 0.905. The first kappa shape index (κ1) is 17.1. The SMILES string of the molecule is CCC1(C)CCN(S(=O)(=O)c2ccc(Cl)c(CCl)c2)CC1. The Morgan fingerprint density at radius 3 is 2.43 bits per heavy atom. The van der Waals surface area contributed by atoms with E-state index in [1.807, 2.05) is 0 Å². The number of hydrogen-bond acceptors (Lipinski definition) is 2. The molecule has 1 aromatic carbocycles. The lowest BCUT2D eigenvalue weighted by molar-refractivity contribution is 0.169. The quantitative estimate of drug-likeness (QED) is 0.760. The zero-order valence-electron chi connectivity index (χ0n) is 12.4. The Balaban J connectivity index is 2.23. The van der Waals surface area contributed by atoms with Crippen LogP contribution >= 0.6 is 23.2 Å². The summed E-state index contributed by atoms with van der Waals surface area (Å²) in [4.78, 5) is 0.280. The number of rotatable bonds is 4. The number of nitrogens with zero attached hydrogens (tertiary/aromatic N) is 1. The molecule has 2 rings (SSSR count). The molecule has 1 fully saturated rings. The lowest BCUT2D eigenvalue weighted by atomic mass is 9.79. The van der Waals surface area contributed by atoms with Gasteiger partial charge < -0.3 is 0 Å². The fraction of sp³-hybridized carbons (Fsp3) is 0.600. The van der Waals surface area contributed by atoms with Crippen LogP contribution in [-0.2, 0) is 15.9 Å². The summed E-state index contributed by atoms with van der Waals surface area (Å²) >= 11 is 11.8. The zero-order chi connectivity index (χ0) is 15.7. The Labute approximate surface area is 137 Å². The molecule has 0 radical (unpaired) electrons. The monoisotopic (exact) mass is 349 g/mol. The molecule has 0 saturated carbocycles. The normalized spacial score (nSPS) is 19.6. The van der Waals surface area contributed by atoms with Gasteiger partial charge in [-0.2, -0.15) is 4.31 Å². The van der Waals surface area contributed by atoms with E-state index in [1.54, 1.807) is 22.5 Å². The van der Waals surface area contributed by atoms with Crippen LogP contribution in [0.1, 0.15) is 38.7 Å². The second-order valence-electron chi connectivity index (χ2n) is 5.96. The van der Waals surface area contributed by atoms with Crippen LogP contribution < -0.4 is 0 Å². The van der Waals surface area contributed by atoms with Crippen molar-refractivity contribution in [3.8, 4) is 0 Å². The van der Waals surface area contributed by atoms with E-state index in [-0.39, 0.29) is 16.2 Å². The van der Waals surface area contributed by atoms with Gasteiger partial charge in [0.05, 0.1) is 4.90 Å². The topological polar surface area (TPSA) is 37.4 Å². The Morgan fingerprint density at radius 1 is 1.29 bits per heavy atom. The van der Waals surface area contributed by atoms with Gasteiger partial charge in [-0.1, -0.05) is 31.9 Å². The first-order valence-corrected chi connectivity index (χ1v) is 9.52. The molecule has 1 aromatic rings. The van der Waals surface area contributed by atoms with E-state index in [1.165, 1.54) is 0 Å². The minimum atomic E-state index is -3.45. The van der Waals surface area contributed by atoms with E-state index < -0.39 is 10.0 Å². The average Bonchev–Trinajstić information content (AvgIpc) is 2.48. The zero-order valence-corrected chi connectivity index (χ0v) is 14.7. The van der Waals surface area contributed by atoms with Gasteiger partial charge in [0.15, 0.2) is 0 Å². The summed E-state index contributed by atoms with van der Waals surface area (Å²) in [5, 5.41) is 0.501. The largest absolute Gasteiger partial charge is 0.243 e. The first-order valence-electron chi connectivity index (χ1n) is 7.17. The van der Waals surface area contributed by atoms with Crippen LogP contribution in [0.4, 0.5) is 0 Å². The maximum absolute atomic E-state index is 12.7. The average molecular weight is 350 g/mol. The first-order chi connectivity index (χ1) is 9.82. The van der Waals surface area contributed by atoms with Crippen LogP contribution in [0.25, 0.3) is 0 Å². The molecule has 118 valence electrons. The summed E-state index contributed by atoms with van der Waals surface area (Å²) in [6.07, 6.45) is 2.88. The fourth-order valence-corrected chi connectivity index (χ4v) is 4.55. The van der Waals surface area contributed by atoms with E-state index in [9.17, 15) is 8.42 Å². The predicted molar refractivity (Wildman–Crippen MR) is 87.4 cm³/mol. The van der Waals surface area contributed by atoms with Crippen molar-refractivity contribution in [3.63, 3.8) is 0 Å². The highest BCUT2D eigenvalue weighted by Crippen LogP contribution is 2.36. The van der Waals surface area contributed by atoms with Crippen molar-refractivity contribution in [2.75, 3.05) is 13.1 Å². The van der Waals surface area contributed by atoms with Crippen LogP contribution in [0, 0.1) is 5.41 Å². The molecule has 3 nitrogen and oxygen atoms in total. The minimum absolute atomic E-state index is 0.204. The van der Waals surface area contributed by atoms with Crippen molar-refractivity contribution in [2.45, 2.75) is 43.9 Å². The van der Waals surface area contributed by atoms with Crippen LogP contribution in [0.2, 0.25) is 5.02 Å². The molecule has 0 bridgehead atoms. The smallest absolute Gasteiger partial charge is 0.207 e. The Hall–Kier alpha value is -0.290. The molecular formula is C15H21Cl2NO2S. The maximum Gasteiger partial charge on any atom is 0.243 e. The van der Waals surface area contributed by atoms with Gasteiger partial charge in [-0.3, -0.25) is 0 Å². The number of sulfonamides is 1. The van der Waals surface area contributed by atoms with Gasteiger partial charge in [0.25, 0.3) is 0 Å². The van der Waals surface area contributed by atoms with Crippen LogP contribution in [0.15, 0.2) is 23.1 Å². The molecule has 0 N–H and O–H groups in total. The summed E-state index contributed by atoms with van der Waals surface area (Å²) in [6, 6.07) is 4.74. The lowest BCUT2D eigenvalue weighted by Gasteiger charge is -2.38. The van der Waals surface area contributed by atoms with Crippen molar-refractivity contribution in [1.29, 1.82) is 0 Å². The van der Waals surface area contributed by atoms with Crippen molar-refractivity contribution in [3.05, 3.63) is 28.8 Å². The summed E-state index contributed by atoms with van der Waals surface area (Å²) < 4.78 is 27.0. The van der Waals surface area contributed by atoms with Gasteiger partial charge in [0.2, 0.25) is 10.0 Å². The fourth-order valence-electron chi connectivity index (χ4n) is 2.58. The van der Waals surface area contributed by atoms with Crippen LogP contribution in [0.3, 0.4) is 0 Å². The Bertz CT molecular complexity index is 608. The number of halogens is 2. The molecule has 1 saturated heterocycles. The highest BCUT2D eigenvalue weighted by Gasteiger charge is 2.34. The molecule has 1 aliphatic heterocycles. The lowest BCUT2D eigenvalue weighted by Crippen LogP contribution is -2.41. The van der Waals surface area contributed by atoms with E-state index in [0.717, 1.165) is 19.3 Å². The van der Waals surface area contributed by atoms with Gasteiger partial charge in [0, 0.05) is 24.0 Å². The van der Waals surface area contributed by atoms with E-state index >= 15 is 0 Å². The van der Waals surface area contributed by atoms with Crippen molar-refractivity contribution >= 4 is 33.2 Å². The van der Waals surface area contributed by atoms with Crippen molar-refractivity contribution in [1.82, 2.24) is 4.31 Å². The third kappa shape index (κ3) is 3.55. The van der Waals surface area contributed by atoms with Crippen LogP contribution in [-0.4, -0.2) is 25.8 Å². The molecule has 0 amide bonds. The van der Waals surface area contributed by atoms with E-state index in [0.29, 0.717) is 23.7 Å². The van der Waals surface area contributed by atoms with Gasteiger partial charge in [-0.15, -0.1) is 11.6 Å². The van der Waals surface area contributed by atoms with E-state index in [2.05, 4.69) is 13.8 Å². The molecule has 1 aliphatic rings. The standard InChI is InChI=1S/C15H21Cl2NO2S/c1-3-15(2)6-8-18(9-7-15)21(19,20)13-4-5-14(17)12(10-13)11-16/h4-5,10H,3,6-9,11H2,1-2H3. The second kappa shape index (κ2) is 6.45. The Kier molecular flexibility index (Phi) is 5.24. The second-order valence-corrected chi connectivity index (χ2v) is 8.57. The molecule has 0 atom stereocenters. The molecule has 1 heterocycles. The molecule has 0 spiro atoms. The van der Waals surface area contributed by atoms with E-state index in [4.69, 9.17) is 23.2 Å². The number of alkyl halides is 1. The predicted octanol–water partition coefficient (Wildman–Crippen LogP) is 4.28. The third-order valence-electron chi connectivity index (χ3n) is 4.58. The molecule has 0 aliphatic carbocycles. The maximum atomic E-state index is 12.7. The van der Waals surface area contributed by atoms with Gasteiger partial charge >= 0.3 is 0 Å². The third-order valence-corrected chi connectivity index (χ3v) is 7.13. The van der Waals surface area contributed by atoms with Crippen molar-refractivity contribution in [2.24, 2.45) is 5.41 Å². The minimum Gasteiger partial charge on any atom is -0.207 e. The summed E-state index contributed by atoms with van der Waals surface area (Å²) in [6.45, 7) is 5.54. The highest BCUT2D eigenvalue weighted by molar-refractivity contribution is 7.89. The van der Waals surface area contributed by atoms with Gasteiger partial charge in [-0.25, -0.2) is 8.42 Å². The van der Waals surface area contributed by atoms with Crippen molar-refractivity contribution < 1.29 is 8.42 Å². The number of piperidine rings is 1. The number of benzene rings is 1. The summed E-state index contributed by atoms with van der Waals surface area (Å²) in [7, 11) is -3.45. The molecular weight excluding hydrogens is 329 g/mol. The number of hydrogen-bond donors (Lipinski definition) is 0. The van der Waals surface area contributed by atoms with Crippen LogP contribution in [0.5, 0.6) is 0 Å². The van der Waals surface area contributed by atoms with Gasteiger partial charge in [0.1, 0.15) is 0 Å². The van der Waals surface area contributed by atoms with Gasteiger partial charge in [-0.05, 0) is 42.0 Å².